The summed E-state index contributed by atoms with van der Waals surface area (Å²) in [5.74, 6) is 1.53. The van der Waals surface area contributed by atoms with E-state index in [1.165, 1.54) is 0 Å². The van der Waals surface area contributed by atoms with Crippen LogP contribution in [0.2, 0.25) is 0 Å². The molecule has 0 saturated carbocycles. The summed E-state index contributed by atoms with van der Waals surface area (Å²) in [5.41, 5.74) is 2.08. The quantitative estimate of drug-likeness (QED) is 0.429. The molecule has 32 heavy (non-hydrogen) atoms. The Bertz CT molecular complexity index is 1210. The summed E-state index contributed by atoms with van der Waals surface area (Å²) in [6.45, 7) is 0.108. The van der Waals surface area contributed by atoms with Crippen LogP contribution in [-0.4, -0.2) is 25.2 Å². The summed E-state index contributed by atoms with van der Waals surface area (Å²) < 4.78 is 27.1. The lowest BCUT2D eigenvalue weighted by molar-refractivity contribution is -0.147. The molecule has 0 bridgehead atoms. The van der Waals surface area contributed by atoms with Crippen LogP contribution in [0.4, 0.5) is 0 Å². The number of Topliss-reactive ketones (excluding diaryl/α,β-unsaturated/α-hetero) is 1. The van der Waals surface area contributed by atoms with Gasteiger partial charge < -0.3 is 23.7 Å². The number of fused-ring (bicyclic) bond motifs is 2. The van der Waals surface area contributed by atoms with E-state index in [2.05, 4.69) is 0 Å². The van der Waals surface area contributed by atoms with Crippen LogP contribution in [0.15, 0.2) is 72.5 Å². The number of allylic oxidation sites excluding steroid dienone is 1. The number of hydrogen-bond donors (Lipinski definition) is 0. The van der Waals surface area contributed by atoms with E-state index < -0.39 is 5.97 Å². The summed E-state index contributed by atoms with van der Waals surface area (Å²) >= 11 is 0. The van der Waals surface area contributed by atoms with Crippen molar-refractivity contribution in [1.29, 1.82) is 0 Å². The lowest BCUT2D eigenvalue weighted by Crippen LogP contribution is -2.14. The van der Waals surface area contributed by atoms with Gasteiger partial charge in [0, 0.05) is 6.07 Å². The first-order valence-electron chi connectivity index (χ1n) is 9.96. The third-order valence-corrected chi connectivity index (χ3v) is 4.94. The van der Waals surface area contributed by atoms with Gasteiger partial charge >= 0.3 is 5.97 Å². The van der Waals surface area contributed by atoms with Gasteiger partial charge in [0.25, 0.3) is 0 Å². The minimum atomic E-state index is -0.491. The van der Waals surface area contributed by atoms with E-state index in [1.54, 1.807) is 36.4 Å². The molecule has 0 atom stereocenters. The highest BCUT2D eigenvalue weighted by atomic mass is 16.7. The van der Waals surface area contributed by atoms with Crippen molar-refractivity contribution < 1.29 is 33.3 Å². The molecule has 0 aromatic heterocycles. The smallest absolute Gasteiger partial charge is 0.344 e. The fourth-order valence-corrected chi connectivity index (χ4v) is 3.33. The van der Waals surface area contributed by atoms with Crippen molar-refractivity contribution in [3.8, 4) is 23.0 Å². The number of rotatable bonds is 6. The number of ether oxygens (including phenoxy) is 5. The molecule has 3 aromatic rings. The third-order valence-electron chi connectivity index (χ3n) is 4.94. The molecule has 0 fully saturated rings. The SMILES string of the molecule is O=C(COc1ccc2c(c1)O/C(=C\c1ccc3c(c1)OCO3)C2=O)OCc1ccccc1. The third kappa shape index (κ3) is 4.13. The highest BCUT2D eigenvalue weighted by molar-refractivity contribution is 6.14. The number of esters is 1. The second-order valence-corrected chi connectivity index (χ2v) is 7.15. The highest BCUT2D eigenvalue weighted by Crippen LogP contribution is 2.37. The van der Waals surface area contributed by atoms with Crippen molar-refractivity contribution in [2.45, 2.75) is 6.61 Å². The topological polar surface area (TPSA) is 80.3 Å². The summed E-state index contributed by atoms with van der Waals surface area (Å²) in [4.78, 5) is 24.6. The average Bonchev–Trinajstić information content (AvgIpc) is 3.41. The van der Waals surface area contributed by atoms with Gasteiger partial charge in [-0.2, -0.15) is 0 Å². The van der Waals surface area contributed by atoms with E-state index in [9.17, 15) is 9.59 Å². The van der Waals surface area contributed by atoms with Crippen molar-refractivity contribution in [3.63, 3.8) is 0 Å². The predicted octanol–water partition coefficient (Wildman–Crippen LogP) is 4.15. The van der Waals surface area contributed by atoms with Crippen LogP contribution in [0.25, 0.3) is 6.08 Å². The summed E-state index contributed by atoms with van der Waals surface area (Å²) in [6, 6.07) is 19.6. The molecular weight excluding hydrogens is 412 g/mol. The van der Waals surface area contributed by atoms with Crippen LogP contribution in [0.5, 0.6) is 23.0 Å². The number of carbonyl (C=O) groups excluding carboxylic acids is 2. The number of carbonyl (C=O) groups is 2. The first kappa shape index (κ1) is 19.7. The maximum absolute atomic E-state index is 12.7. The second-order valence-electron chi connectivity index (χ2n) is 7.15. The number of ketones is 1. The first-order valence-corrected chi connectivity index (χ1v) is 9.96. The van der Waals surface area contributed by atoms with Crippen LogP contribution in [0.1, 0.15) is 21.5 Å². The van der Waals surface area contributed by atoms with Crippen LogP contribution in [-0.2, 0) is 16.1 Å². The zero-order chi connectivity index (χ0) is 21.9. The zero-order valence-corrected chi connectivity index (χ0v) is 16.9. The number of hydrogen-bond acceptors (Lipinski definition) is 7. The Morgan fingerprint density at radius 3 is 2.66 bits per heavy atom. The van der Waals surface area contributed by atoms with E-state index in [4.69, 9.17) is 23.7 Å². The van der Waals surface area contributed by atoms with Gasteiger partial charge in [0.15, 0.2) is 23.9 Å². The van der Waals surface area contributed by atoms with E-state index >= 15 is 0 Å². The van der Waals surface area contributed by atoms with E-state index in [1.807, 2.05) is 36.4 Å². The van der Waals surface area contributed by atoms with Crippen LogP contribution >= 0.6 is 0 Å². The highest BCUT2D eigenvalue weighted by Gasteiger charge is 2.28. The van der Waals surface area contributed by atoms with E-state index in [0.29, 0.717) is 28.6 Å². The molecule has 0 N–H and O–H groups in total. The van der Waals surface area contributed by atoms with E-state index in [0.717, 1.165) is 11.1 Å². The van der Waals surface area contributed by atoms with Gasteiger partial charge in [-0.05, 0) is 41.5 Å². The summed E-state index contributed by atoms with van der Waals surface area (Å²) in [6.07, 6.45) is 1.64. The summed E-state index contributed by atoms with van der Waals surface area (Å²) in [5, 5.41) is 0. The van der Waals surface area contributed by atoms with Crippen LogP contribution in [0, 0.1) is 0 Å². The molecule has 0 amide bonds. The van der Waals surface area contributed by atoms with Gasteiger partial charge in [0.2, 0.25) is 12.6 Å². The second kappa shape index (κ2) is 8.47. The molecule has 0 radical (unpaired) electrons. The molecule has 2 aliphatic heterocycles. The van der Waals surface area contributed by atoms with Crippen molar-refractivity contribution in [1.82, 2.24) is 0 Å². The Morgan fingerprint density at radius 2 is 1.78 bits per heavy atom. The molecular formula is C25H18O7. The maximum atomic E-state index is 12.7. The molecule has 2 heterocycles. The minimum absolute atomic E-state index is 0.179. The van der Waals surface area contributed by atoms with Crippen molar-refractivity contribution >= 4 is 17.8 Å². The van der Waals surface area contributed by atoms with Gasteiger partial charge in [-0.3, -0.25) is 4.79 Å². The van der Waals surface area contributed by atoms with Crippen LogP contribution < -0.4 is 18.9 Å². The van der Waals surface area contributed by atoms with Gasteiger partial charge in [0.05, 0.1) is 5.56 Å². The molecule has 7 nitrogen and oxygen atoms in total. The van der Waals surface area contributed by atoms with Gasteiger partial charge in [-0.1, -0.05) is 36.4 Å². The number of benzene rings is 3. The fraction of sp³-hybridized carbons (Fsp3) is 0.120. The zero-order valence-electron chi connectivity index (χ0n) is 16.9. The molecule has 3 aromatic carbocycles. The molecule has 0 spiro atoms. The molecule has 7 heteroatoms. The Labute approximate surface area is 183 Å². The van der Waals surface area contributed by atoms with Crippen molar-refractivity contribution in [2.24, 2.45) is 0 Å². The largest absolute Gasteiger partial charge is 0.482 e. The molecule has 5 rings (SSSR count). The van der Waals surface area contributed by atoms with Crippen LogP contribution in [0.3, 0.4) is 0 Å². The average molecular weight is 430 g/mol. The molecule has 160 valence electrons. The maximum Gasteiger partial charge on any atom is 0.344 e. The Balaban J connectivity index is 1.21. The Kier molecular flexibility index (Phi) is 5.21. The van der Waals surface area contributed by atoms with E-state index in [-0.39, 0.29) is 31.5 Å². The normalized spacial score (nSPS) is 14.8. The molecule has 2 aliphatic rings. The minimum Gasteiger partial charge on any atom is -0.482 e. The Morgan fingerprint density at radius 1 is 0.938 bits per heavy atom. The van der Waals surface area contributed by atoms with Gasteiger partial charge in [-0.15, -0.1) is 0 Å². The monoisotopic (exact) mass is 430 g/mol. The molecule has 0 saturated heterocycles. The first-order chi connectivity index (χ1) is 15.7. The van der Waals surface area contributed by atoms with Crippen molar-refractivity contribution in [3.05, 3.63) is 89.2 Å². The lowest BCUT2D eigenvalue weighted by Gasteiger charge is -2.08. The lowest BCUT2D eigenvalue weighted by atomic mass is 10.1. The molecule has 0 aliphatic carbocycles. The standard InChI is InChI=1S/C25H18O7/c26-24(29-13-16-4-2-1-3-5-16)14-28-18-7-8-19-21(12-18)32-23(25(19)27)11-17-6-9-20-22(10-17)31-15-30-20/h1-12H,13-15H2/b23-11-. The van der Waals surface area contributed by atoms with Gasteiger partial charge in [0.1, 0.15) is 18.1 Å². The van der Waals surface area contributed by atoms with Crippen molar-refractivity contribution in [2.75, 3.05) is 13.4 Å². The summed E-state index contributed by atoms with van der Waals surface area (Å²) in [7, 11) is 0. The molecule has 0 unspecified atom stereocenters. The fourth-order valence-electron chi connectivity index (χ4n) is 3.33. The predicted molar refractivity (Wildman–Crippen MR) is 114 cm³/mol. The Hall–Kier alpha value is -4.26. The van der Waals surface area contributed by atoms with Gasteiger partial charge in [-0.25, -0.2) is 4.79 Å².